The molecule has 0 radical (unpaired) electrons. The first kappa shape index (κ1) is 24.5. The van der Waals surface area contributed by atoms with Gasteiger partial charge < -0.3 is 10.2 Å². The fourth-order valence-corrected chi connectivity index (χ4v) is 3.82. The largest absolute Gasteiger partial charge is 0.354 e. The third-order valence-electron chi connectivity index (χ3n) is 5.39. The van der Waals surface area contributed by atoms with E-state index >= 15 is 0 Å². The van der Waals surface area contributed by atoms with Crippen LogP contribution in [0.15, 0.2) is 78.9 Å². The van der Waals surface area contributed by atoms with Crippen LogP contribution in [0.5, 0.6) is 0 Å². The highest BCUT2D eigenvalue weighted by Gasteiger charge is 2.30. The van der Waals surface area contributed by atoms with Gasteiger partial charge in [0.25, 0.3) is 0 Å². The molecule has 0 aliphatic rings. The topological polar surface area (TPSA) is 49.4 Å². The number of amides is 2. The summed E-state index contributed by atoms with van der Waals surface area (Å²) < 4.78 is 13.5. The molecule has 4 nitrogen and oxygen atoms in total. The van der Waals surface area contributed by atoms with Crippen LogP contribution in [-0.2, 0) is 29.0 Å². The number of carbonyl (C=O) groups is 2. The fourth-order valence-electron chi connectivity index (χ4n) is 3.61. The van der Waals surface area contributed by atoms with Crippen molar-refractivity contribution < 1.29 is 14.0 Å². The van der Waals surface area contributed by atoms with Gasteiger partial charge in [0.15, 0.2) is 0 Å². The van der Waals surface area contributed by atoms with Crippen molar-refractivity contribution in [1.29, 1.82) is 0 Å². The summed E-state index contributed by atoms with van der Waals surface area (Å²) in [6, 6.07) is 22.0. The molecule has 6 heteroatoms. The summed E-state index contributed by atoms with van der Waals surface area (Å²) >= 11 is 6.30. The zero-order valence-electron chi connectivity index (χ0n) is 18.6. The van der Waals surface area contributed by atoms with Gasteiger partial charge in [0.1, 0.15) is 11.9 Å². The van der Waals surface area contributed by atoms with E-state index in [9.17, 15) is 14.0 Å². The van der Waals surface area contributed by atoms with Crippen LogP contribution in [0.3, 0.4) is 0 Å². The molecule has 0 unspecified atom stereocenters. The van der Waals surface area contributed by atoms with Crippen molar-refractivity contribution in [2.24, 2.45) is 0 Å². The smallest absolute Gasteiger partial charge is 0.243 e. The molecule has 0 bridgehead atoms. The normalized spacial score (nSPS) is 11.6. The number of nitrogens with one attached hydrogen (secondary N) is 1. The van der Waals surface area contributed by atoms with Crippen molar-refractivity contribution in [2.75, 3.05) is 6.54 Å². The molecule has 3 aromatic rings. The lowest BCUT2D eigenvalue weighted by atomic mass is 10.0. The number of benzene rings is 3. The molecule has 2 amide bonds. The summed E-state index contributed by atoms with van der Waals surface area (Å²) in [5, 5.41) is 3.44. The van der Waals surface area contributed by atoms with E-state index < -0.39 is 6.04 Å². The van der Waals surface area contributed by atoms with Crippen LogP contribution in [0, 0.1) is 5.82 Å². The van der Waals surface area contributed by atoms with Gasteiger partial charge in [0.2, 0.25) is 11.8 Å². The molecular weight excluding hydrogens is 439 g/mol. The van der Waals surface area contributed by atoms with E-state index in [1.165, 1.54) is 12.1 Å². The Morgan fingerprint density at radius 2 is 1.61 bits per heavy atom. The molecule has 3 aromatic carbocycles. The van der Waals surface area contributed by atoms with E-state index in [1.54, 1.807) is 29.2 Å². The zero-order chi connectivity index (χ0) is 23.6. The number of nitrogens with zero attached hydrogens (tertiary/aromatic N) is 1. The van der Waals surface area contributed by atoms with Gasteiger partial charge >= 0.3 is 0 Å². The summed E-state index contributed by atoms with van der Waals surface area (Å²) in [4.78, 5) is 28.4. The van der Waals surface area contributed by atoms with Crippen LogP contribution in [0.1, 0.15) is 30.0 Å². The van der Waals surface area contributed by atoms with Crippen LogP contribution >= 0.6 is 11.6 Å². The lowest BCUT2D eigenvalue weighted by Crippen LogP contribution is -2.51. The number of hydrogen-bond acceptors (Lipinski definition) is 2. The summed E-state index contributed by atoms with van der Waals surface area (Å²) in [5.74, 6) is -0.787. The van der Waals surface area contributed by atoms with Gasteiger partial charge in [0, 0.05) is 24.5 Å². The first-order valence-corrected chi connectivity index (χ1v) is 11.4. The molecule has 0 saturated heterocycles. The average molecular weight is 467 g/mol. The minimum absolute atomic E-state index is 0.0627. The molecule has 1 atom stereocenters. The molecule has 3 rings (SSSR count). The van der Waals surface area contributed by atoms with Crippen LogP contribution in [-0.4, -0.2) is 29.3 Å². The Bertz CT molecular complexity index is 1060. The Morgan fingerprint density at radius 3 is 2.27 bits per heavy atom. The van der Waals surface area contributed by atoms with Gasteiger partial charge in [-0.15, -0.1) is 0 Å². The molecular formula is C27H28ClFN2O2. The highest BCUT2D eigenvalue weighted by atomic mass is 35.5. The SMILES string of the molecule is CCCNC(=O)[C@@H](Cc1ccccc1)N(Cc1ccc(F)cc1)C(=O)Cc1ccccc1Cl. The predicted molar refractivity (Wildman–Crippen MR) is 129 cm³/mol. The standard InChI is InChI=1S/C27H28ClFN2O2/c1-2-16-30-27(33)25(17-20-8-4-3-5-9-20)31(19-21-12-14-23(29)15-13-21)26(32)18-22-10-6-7-11-24(22)28/h3-15,25H,2,16-19H2,1H3,(H,30,33)/t25-/m1/s1. The van der Waals surface area contributed by atoms with E-state index in [4.69, 9.17) is 11.6 Å². The van der Waals surface area contributed by atoms with Crippen molar-refractivity contribution in [2.45, 2.75) is 38.8 Å². The third-order valence-corrected chi connectivity index (χ3v) is 5.75. The number of carbonyl (C=O) groups excluding carboxylic acids is 2. The van der Waals surface area contributed by atoms with Gasteiger partial charge in [-0.1, -0.05) is 79.2 Å². The first-order chi connectivity index (χ1) is 16.0. The van der Waals surface area contributed by atoms with Crippen molar-refractivity contribution in [1.82, 2.24) is 10.2 Å². The van der Waals surface area contributed by atoms with Crippen molar-refractivity contribution in [3.8, 4) is 0 Å². The van der Waals surface area contributed by atoms with Gasteiger partial charge in [-0.2, -0.15) is 0 Å². The molecule has 172 valence electrons. The Hall–Kier alpha value is -3.18. The average Bonchev–Trinajstić information content (AvgIpc) is 2.83. The van der Waals surface area contributed by atoms with E-state index in [2.05, 4.69) is 5.32 Å². The molecule has 0 aliphatic heterocycles. The quantitative estimate of drug-likeness (QED) is 0.447. The van der Waals surface area contributed by atoms with E-state index in [0.717, 1.165) is 17.5 Å². The molecule has 0 aliphatic carbocycles. The minimum atomic E-state index is -0.723. The molecule has 0 spiro atoms. The van der Waals surface area contributed by atoms with E-state index in [0.29, 0.717) is 23.6 Å². The minimum Gasteiger partial charge on any atom is -0.354 e. The second-order valence-corrected chi connectivity index (χ2v) is 8.32. The van der Waals surface area contributed by atoms with E-state index in [-0.39, 0.29) is 30.6 Å². The maximum absolute atomic E-state index is 13.6. The number of rotatable bonds is 10. The van der Waals surface area contributed by atoms with Crippen molar-refractivity contribution in [3.05, 3.63) is 106 Å². The first-order valence-electron chi connectivity index (χ1n) is 11.1. The van der Waals surface area contributed by atoms with Gasteiger partial charge in [-0.05, 0) is 41.3 Å². The molecule has 33 heavy (non-hydrogen) atoms. The lowest BCUT2D eigenvalue weighted by molar-refractivity contribution is -0.140. The summed E-state index contributed by atoms with van der Waals surface area (Å²) in [6.45, 7) is 2.68. The van der Waals surface area contributed by atoms with Crippen LogP contribution in [0.4, 0.5) is 4.39 Å². The maximum Gasteiger partial charge on any atom is 0.243 e. The van der Waals surface area contributed by atoms with Crippen molar-refractivity contribution in [3.63, 3.8) is 0 Å². The van der Waals surface area contributed by atoms with Crippen molar-refractivity contribution >= 4 is 23.4 Å². The van der Waals surface area contributed by atoms with Crippen LogP contribution in [0.25, 0.3) is 0 Å². The Labute approximate surface area is 199 Å². The monoisotopic (exact) mass is 466 g/mol. The Kier molecular flexibility index (Phi) is 9.02. The van der Waals surface area contributed by atoms with Crippen LogP contribution in [0.2, 0.25) is 5.02 Å². The Balaban J connectivity index is 1.95. The summed E-state index contributed by atoms with van der Waals surface area (Å²) in [7, 11) is 0. The predicted octanol–water partition coefficient (Wildman–Crippen LogP) is 5.19. The molecule has 0 heterocycles. The van der Waals surface area contributed by atoms with Gasteiger partial charge in [-0.3, -0.25) is 9.59 Å². The maximum atomic E-state index is 13.6. The van der Waals surface area contributed by atoms with Gasteiger partial charge in [-0.25, -0.2) is 4.39 Å². The molecule has 0 saturated carbocycles. The second-order valence-electron chi connectivity index (χ2n) is 7.91. The molecule has 0 fully saturated rings. The summed E-state index contributed by atoms with van der Waals surface area (Å²) in [5.41, 5.74) is 2.38. The van der Waals surface area contributed by atoms with Crippen LogP contribution < -0.4 is 5.32 Å². The highest BCUT2D eigenvalue weighted by Crippen LogP contribution is 2.20. The number of hydrogen-bond donors (Lipinski definition) is 1. The Morgan fingerprint density at radius 1 is 0.939 bits per heavy atom. The summed E-state index contributed by atoms with van der Waals surface area (Å²) in [6.07, 6.45) is 1.22. The third kappa shape index (κ3) is 7.16. The lowest BCUT2D eigenvalue weighted by Gasteiger charge is -2.32. The number of halogens is 2. The molecule has 0 aromatic heterocycles. The second kappa shape index (κ2) is 12.2. The highest BCUT2D eigenvalue weighted by molar-refractivity contribution is 6.31. The van der Waals surface area contributed by atoms with E-state index in [1.807, 2.05) is 49.4 Å². The van der Waals surface area contributed by atoms with Gasteiger partial charge in [0.05, 0.1) is 6.42 Å². The zero-order valence-corrected chi connectivity index (χ0v) is 19.4. The fraction of sp³-hybridized carbons (Fsp3) is 0.259. The molecule has 1 N–H and O–H groups in total.